The Balaban J connectivity index is 1.26. The van der Waals surface area contributed by atoms with E-state index in [0.717, 1.165) is 38.6 Å². The Morgan fingerprint density at radius 1 is 0.812 bits per heavy atom. The molecule has 0 spiro atoms. The maximum atomic E-state index is 14.1. The summed E-state index contributed by atoms with van der Waals surface area (Å²) in [6.07, 6.45) is 0.551. The average molecular weight is 641 g/mol. The molecule has 0 aliphatic heterocycles. The van der Waals surface area contributed by atoms with Crippen LogP contribution in [0.15, 0.2) is 115 Å². The third-order valence-corrected chi connectivity index (χ3v) is 8.74. The molecule has 0 bridgehead atoms. The number of hydrogen-bond donors (Lipinski definition) is 2. The zero-order valence-electron chi connectivity index (χ0n) is 27.4. The second-order valence-corrected chi connectivity index (χ2v) is 13.4. The van der Waals surface area contributed by atoms with Crippen LogP contribution in [0.4, 0.5) is 0 Å². The summed E-state index contributed by atoms with van der Waals surface area (Å²) in [5.41, 5.74) is 9.82. The van der Waals surface area contributed by atoms with Gasteiger partial charge in [0.2, 0.25) is 5.91 Å². The Kier molecular flexibility index (Phi) is 9.16. The van der Waals surface area contributed by atoms with Gasteiger partial charge in [-0.05, 0) is 83.5 Å². The van der Waals surface area contributed by atoms with Crippen LogP contribution in [0.1, 0.15) is 48.9 Å². The smallest absolute Gasteiger partial charge is 0.339 e. The van der Waals surface area contributed by atoms with Gasteiger partial charge in [-0.2, -0.15) is 0 Å². The van der Waals surface area contributed by atoms with E-state index in [-0.39, 0.29) is 25.4 Å². The molecule has 1 amide bonds. The Hall–Kier alpha value is -5.27. The highest BCUT2D eigenvalue weighted by atomic mass is 16.5. The maximum absolute atomic E-state index is 14.1. The lowest BCUT2D eigenvalue weighted by atomic mass is 9.90. The topological polar surface area (TPSA) is 108 Å². The van der Waals surface area contributed by atoms with Crippen molar-refractivity contribution in [1.29, 1.82) is 0 Å². The molecule has 0 saturated heterocycles. The number of carbonyl (C=O) groups excluding carboxylic acids is 3. The number of hydrogen-bond acceptors (Lipinski definition) is 6. The van der Waals surface area contributed by atoms with Crippen molar-refractivity contribution in [2.75, 3.05) is 6.61 Å². The van der Waals surface area contributed by atoms with E-state index < -0.39 is 29.1 Å². The molecule has 6 rings (SSSR count). The van der Waals surface area contributed by atoms with Crippen molar-refractivity contribution in [3.8, 4) is 16.9 Å². The van der Waals surface area contributed by atoms with Crippen LogP contribution in [0, 0.1) is 0 Å². The Morgan fingerprint density at radius 2 is 1.42 bits per heavy atom. The van der Waals surface area contributed by atoms with Crippen LogP contribution in [0.2, 0.25) is 0 Å². The van der Waals surface area contributed by atoms with Crippen LogP contribution in [0.3, 0.4) is 0 Å². The third kappa shape index (κ3) is 6.87. The number of amides is 1. The molecule has 2 atom stereocenters. The zero-order valence-corrected chi connectivity index (χ0v) is 27.4. The van der Waals surface area contributed by atoms with Gasteiger partial charge in [-0.25, -0.2) is 4.79 Å². The lowest BCUT2D eigenvalue weighted by Gasteiger charge is -2.29. The molecular weight excluding hydrogens is 600 g/mol. The predicted molar refractivity (Wildman–Crippen MR) is 188 cm³/mol. The van der Waals surface area contributed by atoms with Gasteiger partial charge in [0, 0.05) is 12.3 Å². The van der Waals surface area contributed by atoms with Crippen molar-refractivity contribution >= 4 is 28.9 Å². The molecule has 7 heteroatoms. The minimum absolute atomic E-state index is 0.00125. The van der Waals surface area contributed by atoms with E-state index in [1.54, 1.807) is 24.3 Å². The molecule has 0 unspecified atom stereocenters. The molecular formula is C41H40N2O5. The highest BCUT2D eigenvalue weighted by Gasteiger charge is 2.44. The number of ether oxygens (including phenoxy) is 2. The maximum Gasteiger partial charge on any atom is 0.339 e. The van der Waals surface area contributed by atoms with E-state index in [0.29, 0.717) is 17.6 Å². The van der Waals surface area contributed by atoms with Gasteiger partial charge in [0.05, 0.1) is 6.04 Å². The highest BCUT2D eigenvalue weighted by Crippen LogP contribution is 2.44. The molecule has 1 aliphatic carbocycles. The molecule has 0 heterocycles. The molecule has 7 nitrogen and oxygen atoms in total. The third-order valence-electron chi connectivity index (χ3n) is 8.74. The van der Waals surface area contributed by atoms with Gasteiger partial charge >= 0.3 is 5.97 Å². The number of benzene rings is 5. The fourth-order valence-corrected chi connectivity index (χ4v) is 6.48. The molecule has 1 aliphatic rings. The van der Waals surface area contributed by atoms with E-state index in [1.165, 1.54) is 0 Å². The zero-order chi connectivity index (χ0) is 33.9. The molecule has 0 saturated carbocycles. The largest absolute Gasteiger partial charge is 0.488 e. The molecule has 0 fully saturated rings. The van der Waals surface area contributed by atoms with Gasteiger partial charge in [-0.3, -0.25) is 4.79 Å². The van der Waals surface area contributed by atoms with Gasteiger partial charge in [-0.15, -0.1) is 0 Å². The summed E-state index contributed by atoms with van der Waals surface area (Å²) >= 11 is 0. The second-order valence-electron chi connectivity index (χ2n) is 13.4. The molecule has 0 radical (unpaired) electrons. The number of esters is 1. The SMILES string of the molecule is CC(C)(C)Oc1ccc(C[C@@](C=O)(NC(=O)[C@@H](N)Cc2cccc3ccccc23)C(=O)OCC2c3ccccc3-c3ccccc32)cc1. The summed E-state index contributed by atoms with van der Waals surface area (Å²) in [7, 11) is 0. The molecule has 48 heavy (non-hydrogen) atoms. The summed E-state index contributed by atoms with van der Waals surface area (Å²) in [5.74, 6) is -1.05. The van der Waals surface area contributed by atoms with Crippen LogP contribution in [0.25, 0.3) is 21.9 Å². The first kappa shape index (κ1) is 32.7. The first-order valence-corrected chi connectivity index (χ1v) is 16.2. The molecule has 244 valence electrons. The monoisotopic (exact) mass is 640 g/mol. The average Bonchev–Trinajstić information content (AvgIpc) is 3.40. The first-order valence-electron chi connectivity index (χ1n) is 16.2. The van der Waals surface area contributed by atoms with Gasteiger partial charge < -0.3 is 25.3 Å². The van der Waals surface area contributed by atoms with Crippen molar-refractivity contribution in [2.24, 2.45) is 5.73 Å². The van der Waals surface area contributed by atoms with Crippen molar-refractivity contribution < 1.29 is 23.9 Å². The second kappa shape index (κ2) is 13.5. The number of nitrogens with one attached hydrogen (secondary N) is 1. The number of nitrogens with two attached hydrogens (primary N) is 1. The van der Waals surface area contributed by atoms with E-state index in [2.05, 4.69) is 17.4 Å². The molecule has 0 aromatic heterocycles. The van der Waals surface area contributed by atoms with Gasteiger partial charge in [0.1, 0.15) is 18.0 Å². The van der Waals surface area contributed by atoms with Crippen molar-refractivity contribution in [3.05, 3.63) is 138 Å². The molecule has 5 aromatic rings. The van der Waals surface area contributed by atoms with Crippen molar-refractivity contribution in [2.45, 2.75) is 56.7 Å². The minimum atomic E-state index is -2.02. The Labute approximate surface area is 281 Å². The van der Waals surface area contributed by atoms with Gasteiger partial charge in [0.25, 0.3) is 0 Å². The highest BCUT2D eigenvalue weighted by molar-refractivity contribution is 6.03. The van der Waals surface area contributed by atoms with Crippen LogP contribution in [-0.4, -0.2) is 42.0 Å². The van der Waals surface area contributed by atoms with Crippen LogP contribution in [0.5, 0.6) is 5.75 Å². The summed E-state index contributed by atoms with van der Waals surface area (Å²) in [4.78, 5) is 40.9. The summed E-state index contributed by atoms with van der Waals surface area (Å²) in [5, 5.41) is 4.74. The lowest BCUT2D eigenvalue weighted by Crippen LogP contribution is -2.61. The quantitative estimate of drug-likeness (QED) is 0.0965. The standard InChI is InChI=1S/C41H40N2O5/c1-40(2,3)48-30-21-19-27(20-22-30)24-41(26-44,43-38(45)37(42)23-29-13-10-12-28-11-4-5-14-31(28)29)39(46)47-25-36-34-17-8-6-15-32(34)33-16-7-9-18-35(33)36/h4-22,26,36-37H,23-25,42H2,1-3H3,(H,43,45)/t37-,41-/m0/s1. The number of carbonyl (C=O) groups is 3. The summed E-state index contributed by atoms with van der Waals surface area (Å²) < 4.78 is 11.9. The van der Waals surface area contributed by atoms with Crippen LogP contribution in [-0.2, 0) is 32.0 Å². The predicted octanol–water partition coefficient (Wildman–Crippen LogP) is 6.54. The Bertz CT molecular complexity index is 1910. The van der Waals surface area contributed by atoms with E-state index in [9.17, 15) is 14.4 Å². The fraction of sp³-hybridized carbons (Fsp3) is 0.244. The first-order chi connectivity index (χ1) is 23.1. The normalized spacial score (nSPS) is 14.3. The summed E-state index contributed by atoms with van der Waals surface area (Å²) in [6.45, 7) is 5.85. The van der Waals surface area contributed by atoms with E-state index in [1.807, 2.05) is 99.6 Å². The van der Waals surface area contributed by atoms with Gasteiger partial charge in [-0.1, -0.05) is 103 Å². The minimum Gasteiger partial charge on any atom is -0.488 e. The van der Waals surface area contributed by atoms with E-state index in [4.69, 9.17) is 15.2 Å². The Morgan fingerprint density at radius 3 is 2.06 bits per heavy atom. The number of rotatable bonds is 11. The van der Waals surface area contributed by atoms with Crippen molar-refractivity contribution in [1.82, 2.24) is 5.32 Å². The van der Waals surface area contributed by atoms with Crippen LogP contribution >= 0.6 is 0 Å². The van der Waals surface area contributed by atoms with E-state index >= 15 is 0 Å². The van der Waals surface area contributed by atoms with Crippen LogP contribution < -0.4 is 15.8 Å². The van der Waals surface area contributed by atoms with Crippen molar-refractivity contribution in [3.63, 3.8) is 0 Å². The number of fused-ring (bicyclic) bond motifs is 4. The summed E-state index contributed by atoms with van der Waals surface area (Å²) in [6, 6.07) is 35.8. The van der Waals surface area contributed by atoms with Gasteiger partial charge in [0.15, 0.2) is 11.8 Å². The lowest BCUT2D eigenvalue weighted by molar-refractivity contribution is -0.155. The molecule has 5 aromatic carbocycles. The fourth-order valence-electron chi connectivity index (χ4n) is 6.48. The number of aldehydes is 1. The molecule has 3 N–H and O–H groups in total.